The average molecular weight is 440 g/mol. The van der Waals surface area contributed by atoms with Crippen molar-refractivity contribution in [1.82, 2.24) is 0 Å². The molecule has 0 saturated carbocycles. The van der Waals surface area contributed by atoms with E-state index in [9.17, 15) is 0 Å². The van der Waals surface area contributed by atoms with E-state index < -0.39 is 0 Å². The maximum absolute atomic E-state index is 6.31. The first kappa shape index (κ1) is 13.7. The van der Waals surface area contributed by atoms with E-state index in [4.69, 9.17) is 5.73 Å². The van der Waals surface area contributed by atoms with E-state index in [-0.39, 0.29) is 6.04 Å². The Bertz CT molecular complexity index is 530. The second kappa shape index (κ2) is 5.53. The van der Waals surface area contributed by atoms with Crippen LogP contribution in [0.5, 0.6) is 0 Å². The number of hydrogen-bond acceptors (Lipinski definition) is 2. The van der Waals surface area contributed by atoms with Crippen LogP contribution in [0.15, 0.2) is 37.0 Å². The molecule has 0 bridgehead atoms. The third-order valence-electron chi connectivity index (χ3n) is 2.51. The lowest BCUT2D eigenvalue weighted by atomic mass is 10.0. The lowest BCUT2D eigenvalue weighted by Crippen LogP contribution is -2.12. The van der Waals surface area contributed by atoms with Gasteiger partial charge in [-0.3, -0.25) is 0 Å². The summed E-state index contributed by atoms with van der Waals surface area (Å²) in [6, 6.07) is 8.12. The Hall–Kier alpha value is 0.320. The average Bonchev–Trinajstić information content (AvgIpc) is 2.55. The molecule has 0 fully saturated rings. The number of benzene rings is 1. The fourth-order valence-corrected chi connectivity index (χ4v) is 4.79. The Morgan fingerprint density at radius 3 is 2.12 bits per heavy atom. The topological polar surface area (TPSA) is 26.0 Å². The van der Waals surface area contributed by atoms with Gasteiger partial charge in [-0.1, -0.05) is 31.9 Å². The van der Waals surface area contributed by atoms with E-state index in [1.807, 2.05) is 6.07 Å². The van der Waals surface area contributed by atoms with Crippen molar-refractivity contribution in [2.75, 3.05) is 0 Å². The molecule has 0 aliphatic rings. The highest BCUT2D eigenvalue weighted by Crippen LogP contribution is 2.34. The van der Waals surface area contributed by atoms with Crippen LogP contribution in [-0.4, -0.2) is 0 Å². The summed E-state index contributed by atoms with van der Waals surface area (Å²) in [6.45, 7) is 2.09. The SMILES string of the molecule is Cc1sc(Br)cc1C(N)c1cc(Br)cc(Br)c1. The van der Waals surface area contributed by atoms with Gasteiger partial charge in [0.25, 0.3) is 0 Å². The first-order chi connectivity index (χ1) is 7.97. The molecular formula is C12H10Br3NS. The molecule has 0 saturated heterocycles. The van der Waals surface area contributed by atoms with E-state index in [0.717, 1.165) is 18.3 Å². The van der Waals surface area contributed by atoms with Gasteiger partial charge in [-0.05, 0) is 58.2 Å². The zero-order valence-corrected chi connectivity index (χ0v) is 14.6. The molecule has 1 heterocycles. The Balaban J connectivity index is 2.43. The van der Waals surface area contributed by atoms with Gasteiger partial charge in [0.15, 0.2) is 0 Å². The van der Waals surface area contributed by atoms with Crippen molar-refractivity contribution in [3.8, 4) is 0 Å². The van der Waals surface area contributed by atoms with Crippen LogP contribution in [0.25, 0.3) is 0 Å². The molecule has 17 heavy (non-hydrogen) atoms. The zero-order chi connectivity index (χ0) is 12.6. The van der Waals surface area contributed by atoms with Gasteiger partial charge >= 0.3 is 0 Å². The maximum atomic E-state index is 6.31. The van der Waals surface area contributed by atoms with E-state index >= 15 is 0 Å². The highest BCUT2D eigenvalue weighted by atomic mass is 79.9. The van der Waals surface area contributed by atoms with Gasteiger partial charge in [0, 0.05) is 13.8 Å². The molecular weight excluding hydrogens is 430 g/mol. The summed E-state index contributed by atoms with van der Waals surface area (Å²) in [5.41, 5.74) is 8.58. The first-order valence-electron chi connectivity index (χ1n) is 4.95. The molecule has 1 nitrogen and oxygen atoms in total. The molecule has 90 valence electrons. The van der Waals surface area contributed by atoms with Gasteiger partial charge < -0.3 is 5.73 Å². The largest absolute Gasteiger partial charge is 0.320 e. The normalized spacial score (nSPS) is 12.8. The molecule has 0 aliphatic carbocycles. The minimum atomic E-state index is -0.0913. The molecule has 2 rings (SSSR count). The van der Waals surface area contributed by atoms with E-state index in [2.05, 4.69) is 72.9 Å². The van der Waals surface area contributed by atoms with E-state index in [0.29, 0.717) is 0 Å². The number of rotatable bonds is 2. The molecule has 0 amide bonds. The summed E-state index contributed by atoms with van der Waals surface area (Å²) in [7, 11) is 0. The standard InChI is InChI=1S/C12H10Br3NS/c1-6-10(5-11(15)17-6)12(16)7-2-8(13)4-9(14)3-7/h2-5,12H,16H2,1H3. The van der Waals surface area contributed by atoms with Crippen molar-refractivity contribution < 1.29 is 0 Å². The van der Waals surface area contributed by atoms with Gasteiger partial charge in [-0.15, -0.1) is 11.3 Å². The minimum absolute atomic E-state index is 0.0913. The summed E-state index contributed by atoms with van der Waals surface area (Å²) >= 11 is 12.2. The monoisotopic (exact) mass is 437 g/mol. The molecule has 0 aliphatic heterocycles. The number of thiophene rings is 1. The lowest BCUT2D eigenvalue weighted by molar-refractivity contribution is 0.867. The van der Waals surface area contributed by atoms with Gasteiger partial charge in [-0.2, -0.15) is 0 Å². The van der Waals surface area contributed by atoms with Crippen LogP contribution in [0.1, 0.15) is 22.0 Å². The molecule has 2 aromatic rings. The van der Waals surface area contributed by atoms with Crippen LogP contribution in [-0.2, 0) is 0 Å². The summed E-state index contributed by atoms with van der Waals surface area (Å²) in [4.78, 5) is 1.25. The Morgan fingerprint density at radius 2 is 1.65 bits per heavy atom. The number of hydrogen-bond donors (Lipinski definition) is 1. The number of nitrogens with two attached hydrogens (primary N) is 1. The smallest absolute Gasteiger partial charge is 0.0704 e. The van der Waals surface area contributed by atoms with Gasteiger partial charge in [0.05, 0.1) is 9.83 Å². The van der Waals surface area contributed by atoms with Crippen LogP contribution < -0.4 is 5.73 Å². The first-order valence-corrected chi connectivity index (χ1v) is 8.14. The minimum Gasteiger partial charge on any atom is -0.320 e. The predicted molar refractivity (Wildman–Crippen MR) is 84.6 cm³/mol. The van der Waals surface area contributed by atoms with Gasteiger partial charge in [-0.25, -0.2) is 0 Å². The van der Waals surface area contributed by atoms with Gasteiger partial charge in [0.1, 0.15) is 0 Å². The third-order valence-corrected chi connectivity index (χ3v) is 4.99. The predicted octanol–water partition coefficient (Wildman–Crippen LogP) is 5.39. The highest BCUT2D eigenvalue weighted by molar-refractivity contribution is 9.11. The van der Waals surface area contributed by atoms with Crippen LogP contribution in [0.3, 0.4) is 0 Å². The molecule has 0 radical (unpaired) electrons. The van der Waals surface area contributed by atoms with Crippen molar-refractivity contribution in [1.29, 1.82) is 0 Å². The maximum Gasteiger partial charge on any atom is 0.0704 e. The quantitative estimate of drug-likeness (QED) is 0.666. The summed E-state index contributed by atoms with van der Waals surface area (Å²) < 4.78 is 3.18. The number of halogens is 3. The Kier molecular flexibility index (Phi) is 4.47. The highest BCUT2D eigenvalue weighted by Gasteiger charge is 2.15. The Labute approximate surface area is 130 Å². The van der Waals surface area contributed by atoms with Crippen molar-refractivity contribution in [2.45, 2.75) is 13.0 Å². The summed E-state index contributed by atoms with van der Waals surface area (Å²) in [5.74, 6) is 0. The molecule has 1 atom stereocenters. The zero-order valence-electron chi connectivity index (χ0n) is 9.01. The van der Waals surface area contributed by atoms with Crippen LogP contribution in [0, 0.1) is 6.92 Å². The summed E-state index contributed by atoms with van der Waals surface area (Å²) in [5, 5.41) is 0. The second-order valence-electron chi connectivity index (χ2n) is 3.74. The van der Waals surface area contributed by atoms with Crippen molar-refractivity contribution >= 4 is 59.1 Å². The lowest BCUT2D eigenvalue weighted by Gasteiger charge is -2.13. The fraction of sp³-hybridized carbons (Fsp3) is 0.167. The van der Waals surface area contributed by atoms with Crippen LogP contribution in [0.2, 0.25) is 0 Å². The van der Waals surface area contributed by atoms with Crippen molar-refractivity contribution in [3.05, 3.63) is 53.0 Å². The number of aryl methyl sites for hydroxylation is 1. The summed E-state index contributed by atoms with van der Waals surface area (Å²) in [6.07, 6.45) is 0. The van der Waals surface area contributed by atoms with E-state index in [1.165, 1.54) is 10.4 Å². The molecule has 5 heteroatoms. The third kappa shape index (κ3) is 3.20. The van der Waals surface area contributed by atoms with E-state index in [1.54, 1.807) is 11.3 Å². The molecule has 1 aromatic carbocycles. The molecule has 0 spiro atoms. The second-order valence-corrected chi connectivity index (χ2v) is 8.21. The van der Waals surface area contributed by atoms with Gasteiger partial charge in [0.2, 0.25) is 0 Å². The fourth-order valence-electron chi connectivity index (χ4n) is 1.70. The Morgan fingerprint density at radius 1 is 1.06 bits per heavy atom. The van der Waals surface area contributed by atoms with Crippen molar-refractivity contribution in [2.24, 2.45) is 5.73 Å². The molecule has 2 N–H and O–H groups in total. The van der Waals surface area contributed by atoms with Crippen LogP contribution in [0.4, 0.5) is 0 Å². The van der Waals surface area contributed by atoms with Crippen molar-refractivity contribution in [3.63, 3.8) is 0 Å². The molecule has 1 aromatic heterocycles. The molecule has 1 unspecified atom stereocenters. The van der Waals surface area contributed by atoms with Crippen LogP contribution >= 0.6 is 59.1 Å².